The molecule has 0 spiro atoms. The van der Waals surface area contributed by atoms with Crippen molar-refractivity contribution in [1.82, 2.24) is 0 Å². The highest BCUT2D eigenvalue weighted by Crippen LogP contribution is 2.25. The van der Waals surface area contributed by atoms with Gasteiger partial charge in [-0.15, -0.1) is 0 Å². The molecule has 5 heteroatoms. The van der Waals surface area contributed by atoms with Gasteiger partial charge in [-0.2, -0.15) is 0 Å². The molecule has 0 aromatic heterocycles. The van der Waals surface area contributed by atoms with Gasteiger partial charge in [-0.1, -0.05) is 6.07 Å². The van der Waals surface area contributed by atoms with E-state index in [2.05, 4.69) is 20.4 Å². The van der Waals surface area contributed by atoms with E-state index in [-0.39, 0.29) is 0 Å². The van der Waals surface area contributed by atoms with Gasteiger partial charge in [0.25, 0.3) is 0 Å². The minimum Gasteiger partial charge on any atom is -0.653 e. The van der Waals surface area contributed by atoms with Crippen LogP contribution in [0.4, 0.5) is 0 Å². The molecule has 4 radical (unpaired) electrons. The smallest absolute Gasteiger partial charge is 0.485 e. The molecule has 0 atom stereocenters. The lowest BCUT2D eigenvalue weighted by atomic mass is 10.1. The summed E-state index contributed by atoms with van der Waals surface area (Å²) in [6.45, 7) is 3.80. The summed E-state index contributed by atoms with van der Waals surface area (Å²) in [6.07, 6.45) is 0. The molecule has 0 amide bonds. The van der Waals surface area contributed by atoms with Crippen LogP contribution in [0.25, 0.3) is 0 Å². The summed E-state index contributed by atoms with van der Waals surface area (Å²) in [5.41, 5.74) is 2.34. The number of carbonyl (C=O) groups excluding carboxylic acids is 1. The summed E-state index contributed by atoms with van der Waals surface area (Å²) in [5.74, 6) is 0.118. The first-order valence-corrected chi connectivity index (χ1v) is 4.93. The van der Waals surface area contributed by atoms with E-state index in [1.54, 1.807) is 6.07 Å². The highest BCUT2D eigenvalue weighted by Gasteiger charge is 2.13. The number of hydrogen-bond donors (Lipinski definition) is 0. The van der Waals surface area contributed by atoms with Crippen LogP contribution < -0.4 is 3.79 Å². The molecule has 0 unspecified atom stereocenters. The van der Waals surface area contributed by atoms with Gasteiger partial charge in [0.15, 0.2) is 0 Å². The second-order valence-corrected chi connectivity index (χ2v) is 3.45. The van der Waals surface area contributed by atoms with Crippen LogP contribution in [0, 0.1) is 13.8 Å². The average molecular weight is 218 g/mol. The van der Waals surface area contributed by atoms with Crippen molar-refractivity contribution < 1.29 is 12.4 Å². The van der Waals surface area contributed by atoms with Crippen molar-refractivity contribution in [2.75, 3.05) is 0 Å². The van der Waals surface area contributed by atoms with Crippen molar-refractivity contribution in [3.8, 4) is 5.75 Å². The van der Waals surface area contributed by atoms with E-state index in [1.165, 1.54) is 0 Å². The zero-order valence-electron chi connectivity index (χ0n) is 8.03. The minimum atomic E-state index is -0.417. The van der Waals surface area contributed by atoms with E-state index in [0.29, 0.717) is 11.3 Å². The Morgan fingerprint density at radius 2 is 1.93 bits per heavy atom. The van der Waals surface area contributed by atoms with Crippen molar-refractivity contribution in [3.63, 3.8) is 0 Å². The first kappa shape index (κ1) is 11.6. The molecular weight excluding hydrogens is 210 g/mol. The number of benzene rings is 1. The molecule has 0 bridgehead atoms. The molecule has 0 aliphatic carbocycles. The normalized spacial score (nSPS) is 9.57. The number of aryl methyl sites for hydroxylation is 2. The summed E-state index contributed by atoms with van der Waals surface area (Å²) in [5, 5.41) is 0. The standard InChI is InChI=1S/C9H10O3.2Al/c1-5-3-6(2)8(10)7(4-5)9(11)12;;/h3-4,10H,1-2H3,(H,11,12);;/q;2*+1/p-2. The maximum atomic E-state index is 11.4. The van der Waals surface area contributed by atoms with Crippen molar-refractivity contribution in [3.05, 3.63) is 28.8 Å². The Labute approximate surface area is 99.9 Å². The monoisotopic (exact) mass is 218 g/mol. The molecule has 14 heavy (non-hydrogen) atoms. The van der Waals surface area contributed by atoms with Crippen LogP contribution in [-0.2, 0) is 3.79 Å². The quantitative estimate of drug-likeness (QED) is 0.695. The third-order valence-electron chi connectivity index (χ3n) is 1.86. The van der Waals surface area contributed by atoms with Crippen LogP contribution >= 0.6 is 0 Å². The number of carbonyl (C=O) groups is 1. The molecule has 3 nitrogen and oxygen atoms in total. The summed E-state index contributed by atoms with van der Waals surface area (Å²) >= 11 is 4.06. The van der Waals surface area contributed by atoms with Gasteiger partial charge in [0.2, 0.25) is 0 Å². The molecule has 0 saturated heterocycles. The fraction of sp³-hybridized carbons (Fsp3) is 0.222. The third-order valence-corrected chi connectivity index (χ3v) is 2.31. The third kappa shape index (κ3) is 2.32. The molecule has 1 aromatic rings. The van der Waals surface area contributed by atoms with E-state index in [9.17, 15) is 4.79 Å². The van der Waals surface area contributed by atoms with Gasteiger partial charge in [0.1, 0.15) is 0 Å². The summed E-state index contributed by atoms with van der Waals surface area (Å²) in [6, 6.07) is 3.68. The summed E-state index contributed by atoms with van der Waals surface area (Å²) in [4.78, 5) is 11.4. The number of rotatable bonds is 2. The van der Waals surface area contributed by atoms with Gasteiger partial charge in [0, 0.05) is 0 Å². The van der Waals surface area contributed by atoms with Gasteiger partial charge in [-0.25, -0.2) is 4.79 Å². The van der Waals surface area contributed by atoms with E-state index in [0.717, 1.165) is 11.1 Å². The molecule has 1 aromatic carbocycles. The molecule has 0 aliphatic rings. The predicted molar refractivity (Wildman–Crippen MR) is 53.5 cm³/mol. The zero-order chi connectivity index (χ0) is 10.7. The SMILES string of the molecule is Cc1cc(C)c([O][Al])c(C(=O)[O][Al])c1. The lowest BCUT2D eigenvalue weighted by molar-refractivity contribution is 0.0747. The summed E-state index contributed by atoms with van der Waals surface area (Å²) in [7, 11) is 0. The van der Waals surface area contributed by atoms with Gasteiger partial charge in [0.05, 0.1) is 11.3 Å². The zero-order valence-corrected chi connectivity index (χ0v) is 10.3. The van der Waals surface area contributed by atoms with Crippen LogP contribution in [-0.4, -0.2) is 39.2 Å². The topological polar surface area (TPSA) is 35.5 Å². The molecule has 0 heterocycles. The molecule has 1 rings (SSSR count). The first-order chi connectivity index (χ1) is 6.60. The summed E-state index contributed by atoms with van der Waals surface area (Å²) < 4.78 is 9.64. The fourth-order valence-electron chi connectivity index (χ4n) is 1.33. The molecule has 0 fully saturated rings. The van der Waals surface area contributed by atoms with Crippen LogP contribution in [0.2, 0.25) is 0 Å². The fourth-order valence-corrected chi connectivity index (χ4v) is 1.77. The maximum Gasteiger partial charge on any atom is 0.485 e. The van der Waals surface area contributed by atoms with Crippen LogP contribution in [0.15, 0.2) is 12.1 Å². The van der Waals surface area contributed by atoms with Crippen molar-refractivity contribution in [2.24, 2.45) is 0 Å². The molecule has 0 saturated carbocycles. The Kier molecular flexibility index (Phi) is 4.04. The predicted octanol–water partition coefficient (Wildman–Crippen LogP) is 1.01. The van der Waals surface area contributed by atoms with Gasteiger partial charge in [-0.3, -0.25) is 0 Å². The largest absolute Gasteiger partial charge is 0.653 e. The van der Waals surface area contributed by atoms with Gasteiger partial charge in [-0.05, 0) is 31.0 Å². The molecule has 68 valence electrons. The van der Waals surface area contributed by atoms with Crippen molar-refractivity contribution in [2.45, 2.75) is 13.8 Å². The maximum absolute atomic E-state index is 11.4. The van der Waals surface area contributed by atoms with Crippen LogP contribution in [0.3, 0.4) is 0 Å². The van der Waals surface area contributed by atoms with Gasteiger partial charge >= 0.3 is 39.2 Å². The van der Waals surface area contributed by atoms with E-state index in [4.69, 9.17) is 3.79 Å². The highest BCUT2D eigenvalue weighted by molar-refractivity contribution is 6.11. The second-order valence-electron chi connectivity index (χ2n) is 2.98. The molecule has 0 N–H and O–H groups in total. The first-order valence-electron chi connectivity index (χ1n) is 3.99. The van der Waals surface area contributed by atoms with E-state index >= 15 is 0 Å². The Balaban J connectivity index is 3.32. The molecular formula is C9H8Al2O3. The Morgan fingerprint density at radius 1 is 1.29 bits per heavy atom. The van der Waals surface area contributed by atoms with Crippen molar-refractivity contribution in [1.29, 1.82) is 0 Å². The van der Waals surface area contributed by atoms with E-state index < -0.39 is 5.97 Å². The average Bonchev–Trinajstić information content (AvgIpc) is 2.15. The number of hydrogen-bond acceptors (Lipinski definition) is 3. The lowest BCUT2D eigenvalue weighted by Gasteiger charge is -2.13. The second kappa shape index (κ2) is 4.87. The molecule has 0 aliphatic heterocycles. The van der Waals surface area contributed by atoms with E-state index in [1.807, 2.05) is 36.5 Å². The Bertz CT molecular complexity index is 363. The lowest BCUT2D eigenvalue weighted by Crippen LogP contribution is -2.07. The van der Waals surface area contributed by atoms with Crippen LogP contribution in [0.1, 0.15) is 21.5 Å². The Hall–Kier alpha value is -0.445. The van der Waals surface area contributed by atoms with Gasteiger partial charge < -0.3 is 7.58 Å². The minimum absolute atomic E-state index is 0.417. The van der Waals surface area contributed by atoms with Crippen LogP contribution in [0.5, 0.6) is 5.75 Å². The highest BCUT2D eigenvalue weighted by atomic mass is 27.1. The Morgan fingerprint density at radius 3 is 2.43 bits per heavy atom. The van der Waals surface area contributed by atoms with Crippen molar-refractivity contribution >= 4 is 39.2 Å².